The van der Waals surface area contributed by atoms with Gasteiger partial charge in [0.1, 0.15) is 19.3 Å². The SMILES string of the molecule is CCCCCCCCCCCCCCCCCCCCCCC(=O)O[C@H](COC(=O)CCCCCCCCCCCCCCCCCCCC)COP(=O)(O)OC[C@@H](O)COP(=O)(O)OC[C@@H](COC(=O)CCCCCCC)OC(=O)CCCCCCCCCCCCC(C)CC. The van der Waals surface area contributed by atoms with Crippen molar-refractivity contribution in [3.8, 4) is 0 Å². The molecule has 0 spiro atoms. The van der Waals surface area contributed by atoms with Crippen molar-refractivity contribution in [2.45, 2.75) is 432 Å². The van der Waals surface area contributed by atoms with Crippen LogP contribution in [0.4, 0.5) is 0 Å². The van der Waals surface area contributed by atoms with Gasteiger partial charge in [-0.25, -0.2) is 9.13 Å². The fraction of sp³-hybridized carbons (Fsp3) is 0.949. The number of carbonyl (C=O) groups is 4. The van der Waals surface area contributed by atoms with Crippen LogP contribution in [0.3, 0.4) is 0 Å². The topological polar surface area (TPSA) is 237 Å². The number of hydrogen-bond acceptors (Lipinski definition) is 15. The van der Waals surface area contributed by atoms with Gasteiger partial charge in [-0.05, 0) is 31.6 Å². The molecule has 0 saturated carbocycles. The fourth-order valence-corrected chi connectivity index (χ4v) is 13.6. The van der Waals surface area contributed by atoms with Gasteiger partial charge in [0.2, 0.25) is 0 Å². The number of aliphatic hydroxyl groups is 1. The van der Waals surface area contributed by atoms with Crippen LogP contribution in [0, 0.1) is 5.92 Å². The number of phosphoric ester groups is 2. The number of unbranched alkanes of at least 4 members (excludes halogenated alkanes) is 49. The van der Waals surface area contributed by atoms with Gasteiger partial charge in [0, 0.05) is 25.7 Å². The standard InChI is InChI=1S/C78H152O17P2/c1-6-10-13-16-18-20-22-24-26-28-30-31-33-35-37-39-44-48-53-58-63-78(83)95-74(68-89-76(81)62-57-52-47-43-38-36-34-32-29-27-25-23-21-19-17-14-11-7-2)70-93-97(86,87)91-66-72(79)65-90-96(84,85)92-69-73(67-88-75(80)61-56-50-15-12-8-3)94-77(82)64-59-54-49-45-41-40-42-46-51-55-60-71(5)9-4/h71-74,79H,6-70H2,1-5H3,(H,84,85)(H,86,87)/t71?,72-,73+,74+/m0/s1. The van der Waals surface area contributed by atoms with E-state index >= 15 is 0 Å². The Bertz CT molecular complexity index is 1860. The highest BCUT2D eigenvalue weighted by molar-refractivity contribution is 7.47. The van der Waals surface area contributed by atoms with E-state index in [4.69, 9.17) is 37.0 Å². The summed E-state index contributed by atoms with van der Waals surface area (Å²) in [4.78, 5) is 72.6. The summed E-state index contributed by atoms with van der Waals surface area (Å²) < 4.78 is 68.4. The lowest BCUT2D eigenvalue weighted by Gasteiger charge is -2.21. The van der Waals surface area contributed by atoms with Crippen molar-refractivity contribution in [1.29, 1.82) is 0 Å². The zero-order valence-corrected chi connectivity index (χ0v) is 65.0. The Balaban J connectivity index is 5.13. The van der Waals surface area contributed by atoms with Crippen molar-refractivity contribution in [3.05, 3.63) is 0 Å². The van der Waals surface area contributed by atoms with Crippen LogP contribution in [0.2, 0.25) is 0 Å². The lowest BCUT2D eigenvalue weighted by Crippen LogP contribution is -2.30. The Labute approximate surface area is 594 Å². The molecule has 0 aliphatic heterocycles. The quantitative estimate of drug-likeness (QED) is 0.0222. The zero-order chi connectivity index (χ0) is 71.2. The molecule has 17 nitrogen and oxygen atoms in total. The van der Waals surface area contributed by atoms with Gasteiger partial charge in [0.05, 0.1) is 26.4 Å². The third kappa shape index (κ3) is 70.9. The molecule has 0 aliphatic carbocycles. The minimum Gasteiger partial charge on any atom is -0.462 e. The van der Waals surface area contributed by atoms with Gasteiger partial charge in [0.15, 0.2) is 12.2 Å². The summed E-state index contributed by atoms with van der Waals surface area (Å²) in [5.41, 5.74) is 0. The van der Waals surface area contributed by atoms with E-state index in [0.717, 1.165) is 102 Å². The van der Waals surface area contributed by atoms with Gasteiger partial charge >= 0.3 is 39.5 Å². The molecular weight excluding hydrogens is 1270 g/mol. The van der Waals surface area contributed by atoms with Crippen molar-refractivity contribution in [2.24, 2.45) is 5.92 Å². The maximum Gasteiger partial charge on any atom is 0.472 e. The second-order valence-corrected chi connectivity index (χ2v) is 31.3. The lowest BCUT2D eigenvalue weighted by molar-refractivity contribution is -0.161. The first-order valence-corrected chi connectivity index (χ1v) is 43.7. The van der Waals surface area contributed by atoms with Crippen LogP contribution in [0.5, 0.6) is 0 Å². The van der Waals surface area contributed by atoms with Gasteiger partial charge in [0.25, 0.3) is 0 Å². The number of ether oxygens (including phenoxy) is 4. The van der Waals surface area contributed by atoms with Crippen molar-refractivity contribution in [2.75, 3.05) is 39.6 Å². The van der Waals surface area contributed by atoms with E-state index in [1.807, 2.05) is 0 Å². The van der Waals surface area contributed by atoms with Crippen LogP contribution in [-0.4, -0.2) is 96.7 Å². The first-order chi connectivity index (χ1) is 47.1. The molecule has 0 radical (unpaired) electrons. The number of esters is 4. The van der Waals surface area contributed by atoms with E-state index in [2.05, 4.69) is 34.6 Å². The molecule has 0 aromatic rings. The van der Waals surface area contributed by atoms with E-state index in [9.17, 15) is 43.2 Å². The molecular formula is C78H152O17P2. The predicted octanol–water partition coefficient (Wildman–Crippen LogP) is 23.3. The average Bonchev–Trinajstić information content (AvgIpc) is 3.39. The molecule has 576 valence electrons. The van der Waals surface area contributed by atoms with E-state index in [0.29, 0.717) is 25.7 Å². The summed E-state index contributed by atoms with van der Waals surface area (Å²) in [6.45, 7) is 7.24. The largest absolute Gasteiger partial charge is 0.472 e. The second kappa shape index (κ2) is 71.1. The molecule has 3 unspecified atom stereocenters. The van der Waals surface area contributed by atoms with Crippen molar-refractivity contribution in [3.63, 3.8) is 0 Å². The Morgan fingerprint density at radius 2 is 0.495 bits per heavy atom. The summed E-state index contributed by atoms with van der Waals surface area (Å²) in [6.07, 6.45) is 61.5. The van der Waals surface area contributed by atoms with Crippen molar-refractivity contribution in [1.82, 2.24) is 0 Å². The minimum absolute atomic E-state index is 0.106. The zero-order valence-electron chi connectivity index (χ0n) is 63.2. The second-order valence-electron chi connectivity index (χ2n) is 28.3. The number of carbonyl (C=O) groups excluding carboxylic acids is 4. The maximum atomic E-state index is 13.1. The molecule has 19 heteroatoms. The highest BCUT2D eigenvalue weighted by atomic mass is 31.2. The van der Waals surface area contributed by atoms with Crippen LogP contribution in [0.15, 0.2) is 0 Å². The number of hydrogen-bond donors (Lipinski definition) is 3. The molecule has 0 amide bonds. The molecule has 3 N–H and O–H groups in total. The molecule has 0 bridgehead atoms. The molecule has 6 atom stereocenters. The van der Waals surface area contributed by atoms with E-state index in [1.165, 1.54) is 231 Å². The summed E-state index contributed by atoms with van der Waals surface area (Å²) >= 11 is 0. The van der Waals surface area contributed by atoms with Crippen molar-refractivity contribution >= 4 is 39.5 Å². The normalized spacial score (nSPS) is 14.2. The van der Waals surface area contributed by atoms with E-state index < -0.39 is 97.5 Å². The summed E-state index contributed by atoms with van der Waals surface area (Å²) in [5, 5.41) is 10.6. The minimum atomic E-state index is -4.96. The van der Waals surface area contributed by atoms with Crippen LogP contribution < -0.4 is 0 Å². The highest BCUT2D eigenvalue weighted by Gasteiger charge is 2.30. The highest BCUT2D eigenvalue weighted by Crippen LogP contribution is 2.45. The van der Waals surface area contributed by atoms with Gasteiger partial charge in [-0.15, -0.1) is 0 Å². The fourth-order valence-electron chi connectivity index (χ4n) is 12.0. The molecule has 0 rings (SSSR count). The molecule has 0 aliphatic rings. The molecule has 0 aromatic carbocycles. The number of aliphatic hydroxyl groups excluding tert-OH is 1. The van der Waals surface area contributed by atoms with Gasteiger partial charge in [-0.3, -0.25) is 37.3 Å². The first kappa shape index (κ1) is 95.1. The van der Waals surface area contributed by atoms with Crippen LogP contribution in [0.1, 0.15) is 413 Å². The number of rotatable bonds is 78. The molecule has 0 fully saturated rings. The Kier molecular flexibility index (Phi) is 69.6. The summed E-state index contributed by atoms with van der Waals surface area (Å²) in [7, 11) is -9.90. The van der Waals surface area contributed by atoms with Gasteiger partial charge < -0.3 is 33.8 Å². The third-order valence-electron chi connectivity index (χ3n) is 18.6. The Morgan fingerprint density at radius 3 is 0.732 bits per heavy atom. The Morgan fingerprint density at radius 1 is 0.289 bits per heavy atom. The van der Waals surface area contributed by atoms with E-state index in [1.54, 1.807) is 0 Å². The monoisotopic (exact) mass is 1420 g/mol. The predicted molar refractivity (Wildman–Crippen MR) is 395 cm³/mol. The van der Waals surface area contributed by atoms with E-state index in [-0.39, 0.29) is 25.7 Å². The van der Waals surface area contributed by atoms with Crippen LogP contribution in [0.25, 0.3) is 0 Å². The van der Waals surface area contributed by atoms with Gasteiger partial charge in [-0.2, -0.15) is 0 Å². The van der Waals surface area contributed by atoms with Gasteiger partial charge in [-0.1, -0.05) is 362 Å². The molecule has 0 saturated heterocycles. The maximum absolute atomic E-state index is 13.1. The van der Waals surface area contributed by atoms with Crippen LogP contribution >= 0.6 is 15.6 Å². The summed E-state index contributed by atoms with van der Waals surface area (Å²) in [6, 6.07) is 0. The number of phosphoric acid groups is 2. The smallest absolute Gasteiger partial charge is 0.462 e. The molecule has 0 heterocycles. The molecule has 97 heavy (non-hydrogen) atoms. The van der Waals surface area contributed by atoms with Crippen molar-refractivity contribution < 1.29 is 80.2 Å². The summed E-state index contributed by atoms with van der Waals surface area (Å²) in [5.74, 6) is -1.32. The third-order valence-corrected chi connectivity index (χ3v) is 20.5. The Hall–Kier alpha value is -1.94. The first-order valence-electron chi connectivity index (χ1n) is 40.7. The average molecular weight is 1420 g/mol. The lowest BCUT2D eigenvalue weighted by atomic mass is 9.99. The molecule has 0 aromatic heterocycles. The van der Waals surface area contributed by atoms with Crippen LogP contribution in [-0.2, 0) is 65.4 Å².